The van der Waals surface area contributed by atoms with E-state index in [0.717, 1.165) is 6.42 Å². The van der Waals surface area contributed by atoms with Crippen LogP contribution in [0, 0.1) is 0 Å². The van der Waals surface area contributed by atoms with E-state index in [2.05, 4.69) is 0 Å². The summed E-state index contributed by atoms with van der Waals surface area (Å²) < 4.78 is 0. The smallest absolute Gasteiger partial charge is 0.305 e. The summed E-state index contributed by atoms with van der Waals surface area (Å²) in [5.74, 6) is -1.33. The minimum Gasteiger partial charge on any atom is -0.481 e. The van der Waals surface area contributed by atoms with E-state index >= 15 is 0 Å². The van der Waals surface area contributed by atoms with Crippen LogP contribution in [0.5, 0.6) is 0 Å². The number of hydrogen-bond donors (Lipinski definition) is 2. The Morgan fingerprint density at radius 1 is 1.40 bits per heavy atom. The minimum absolute atomic E-state index is 0.0994. The topological polar surface area (TPSA) is 83.6 Å². The average Bonchev–Trinajstić information content (AvgIpc) is 2.17. The molecule has 1 amide bonds. The molecule has 2 atom stereocenters. The van der Waals surface area contributed by atoms with Crippen LogP contribution in [0.1, 0.15) is 33.6 Å². The van der Waals surface area contributed by atoms with E-state index in [1.165, 1.54) is 0 Å². The van der Waals surface area contributed by atoms with Gasteiger partial charge in [0.15, 0.2) is 0 Å². The third-order valence-electron chi connectivity index (χ3n) is 2.46. The molecule has 0 saturated carbocycles. The highest BCUT2D eigenvalue weighted by atomic mass is 16.4. The molecule has 0 spiro atoms. The standard InChI is InChI=1S/C10H20N2O3/c1-4-7(3)12(5-2)10(15)8(11)6-9(13)14/h7-8H,4-6,11H2,1-3H3,(H,13,14). The highest BCUT2D eigenvalue weighted by molar-refractivity contribution is 5.86. The molecule has 0 aromatic carbocycles. The molecule has 0 aromatic rings. The van der Waals surface area contributed by atoms with E-state index in [9.17, 15) is 9.59 Å². The molecular formula is C10H20N2O3. The van der Waals surface area contributed by atoms with Crippen LogP contribution in [0.25, 0.3) is 0 Å². The predicted molar refractivity (Wildman–Crippen MR) is 57.4 cm³/mol. The maximum Gasteiger partial charge on any atom is 0.305 e. The Balaban J connectivity index is 4.43. The number of likely N-dealkylation sites (N-methyl/N-ethyl adjacent to an activating group) is 1. The molecule has 5 heteroatoms. The average molecular weight is 216 g/mol. The van der Waals surface area contributed by atoms with Gasteiger partial charge in [0.05, 0.1) is 12.5 Å². The van der Waals surface area contributed by atoms with Gasteiger partial charge in [-0.15, -0.1) is 0 Å². The third kappa shape index (κ3) is 4.29. The van der Waals surface area contributed by atoms with Crippen LogP contribution < -0.4 is 5.73 Å². The molecule has 0 saturated heterocycles. The summed E-state index contributed by atoms with van der Waals surface area (Å²) in [6.45, 7) is 6.32. The summed E-state index contributed by atoms with van der Waals surface area (Å²) in [7, 11) is 0. The number of nitrogens with two attached hydrogens (primary N) is 1. The fourth-order valence-electron chi connectivity index (χ4n) is 1.39. The molecule has 0 fully saturated rings. The van der Waals surface area contributed by atoms with Crippen LogP contribution in [0.3, 0.4) is 0 Å². The molecule has 5 nitrogen and oxygen atoms in total. The van der Waals surface area contributed by atoms with E-state index in [1.54, 1.807) is 4.90 Å². The molecule has 0 rings (SSSR count). The number of rotatable bonds is 6. The first-order valence-electron chi connectivity index (χ1n) is 5.21. The Bertz CT molecular complexity index is 231. The van der Waals surface area contributed by atoms with Crippen molar-refractivity contribution >= 4 is 11.9 Å². The van der Waals surface area contributed by atoms with E-state index in [0.29, 0.717) is 6.54 Å². The summed E-state index contributed by atoms with van der Waals surface area (Å²) in [6.07, 6.45) is 0.519. The first kappa shape index (κ1) is 13.9. The summed E-state index contributed by atoms with van der Waals surface area (Å²) in [4.78, 5) is 23.8. The van der Waals surface area contributed by atoms with Crippen LogP contribution in [-0.4, -0.2) is 40.5 Å². The quantitative estimate of drug-likeness (QED) is 0.674. The molecule has 0 aliphatic carbocycles. The van der Waals surface area contributed by atoms with Crippen molar-refractivity contribution in [3.63, 3.8) is 0 Å². The van der Waals surface area contributed by atoms with Crippen molar-refractivity contribution in [2.75, 3.05) is 6.54 Å². The highest BCUT2D eigenvalue weighted by Gasteiger charge is 2.24. The monoisotopic (exact) mass is 216 g/mol. The lowest BCUT2D eigenvalue weighted by molar-refractivity contribution is -0.142. The van der Waals surface area contributed by atoms with Crippen molar-refractivity contribution in [1.82, 2.24) is 4.90 Å². The second-order valence-corrected chi connectivity index (χ2v) is 3.59. The molecule has 15 heavy (non-hydrogen) atoms. The number of amides is 1. The Morgan fingerprint density at radius 3 is 2.27 bits per heavy atom. The fourth-order valence-corrected chi connectivity index (χ4v) is 1.39. The first-order chi connectivity index (χ1) is 6.93. The number of carboxylic acids is 1. The van der Waals surface area contributed by atoms with Gasteiger partial charge in [-0.3, -0.25) is 9.59 Å². The lowest BCUT2D eigenvalue weighted by atomic mass is 10.1. The van der Waals surface area contributed by atoms with Gasteiger partial charge in [0, 0.05) is 12.6 Å². The van der Waals surface area contributed by atoms with Gasteiger partial charge < -0.3 is 15.7 Å². The van der Waals surface area contributed by atoms with Crippen molar-refractivity contribution in [2.24, 2.45) is 5.73 Å². The number of carboxylic acid groups (broad SMARTS) is 1. The molecule has 0 aliphatic rings. The molecule has 0 radical (unpaired) electrons. The third-order valence-corrected chi connectivity index (χ3v) is 2.46. The van der Waals surface area contributed by atoms with Gasteiger partial charge in [-0.2, -0.15) is 0 Å². The Labute approximate surface area is 90.2 Å². The minimum atomic E-state index is -1.05. The van der Waals surface area contributed by atoms with Gasteiger partial charge in [-0.1, -0.05) is 6.92 Å². The number of aliphatic carboxylic acids is 1. The van der Waals surface area contributed by atoms with Gasteiger partial charge in [0.1, 0.15) is 0 Å². The highest BCUT2D eigenvalue weighted by Crippen LogP contribution is 2.06. The predicted octanol–water partition coefficient (Wildman–Crippen LogP) is 0.435. The summed E-state index contributed by atoms with van der Waals surface area (Å²) in [6, 6.07) is -0.834. The largest absolute Gasteiger partial charge is 0.481 e. The lowest BCUT2D eigenvalue weighted by Crippen LogP contribution is -2.48. The van der Waals surface area contributed by atoms with Crippen LogP contribution in [0.2, 0.25) is 0 Å². The fraction of sp³-hybridized carbons (Fsp3) is 0.800. The Morgan fingerprint density at radius 2 is 1.93 bits per heavy atom. The van der Waals surface area contributed by atoms with Crippen LogP contribution in [0.15, 0.2) is 0 Å². The Kier molecular flexibility index (Phi) is 5.93. The summed E-state index contributed by atoms with van der Waals surface area (Å²) in [5.41, 5.74) is 5.52. The van der Waals surface area contributed by atoms with Gasteiger partial charge in [0.2, 0.25) is 5.91 Å². The molecule has 0 bridgehead atoms. The van der Waals surface area contributed by atoms with Gasteiger partial charge in [0.25, 0.3) is 0 Å². The molecule has 0 aliphatic heterocycles. The zero-order valence-corrected chi connectivity index (χ0v) is 9.56. The van der Waals surface area contributed by atoms with E-state index < -0.39 is 12.0 Å². The molecule has 3 N–H and O–H groups in total. The SMILES string of the molecule is CCC(C)N(CC)C(=O)C(N)CC(=O)O. The maximum atomic E-state index is 11.7. The maximum absolute atomic E-state index is 11.7. The van der Waals surface area contributed by atoms with Crippen molar-refractivity contribution in [3.8, 4) is 0 Å². The molecular weight excluding hydrogens is 196 g/mol. The van der Waals surface area contributed by atoms with Gasteiger partial charge >= 0.3 is 5.97 Å². The van der Waals surface area contributed by atoms with E-state index in [4.69, 9.17) is 10.8 Å². The van der Waals surface area contributed by atoms with Crippen molar-refractivity contribution in [1.29, 1.82) is 0 Å². The zero-order chi connectivity index (χ0) is 12.0. The summed E-state index contributed by atoms with van der Waals surface area (Å²) >= 11 is 0. The zero-order valence-electron chi connectivity index (χ0n) is 9.56. The van der Waals surface area contributed by atoms with Crippen molar-refractivity contribution in [3.05, 3.63) is 0 Å². The second kappa shape index (κ2) is 6.40. The van der Waals surface area contributed by atoms with Crippen molar-refractivity contribution in [2.45, 2.75) is 45.7 Å². The molecule has 2 unspecified atom stereocenters. The summed E-state index contributed by atoms with van der Waals surface area (Å²) in [5, 5.41) is 8.53. The van der Waals surface area contributed by atoms with Crippen LogP contribution in [0.4, 0.5) is 0 Å². The van der Waals surface area contributed by atoms with Gasteiger partial charge in [-0.05, 0) is 20.3 Å². The van der Waals surface area contributed by atoms with E-state index in [1.807, 2.05) is 20.8 Å². The number of carbonyl (C=O) groups excluding carboxylic acids is 1. The van der Waals surface area contributed by atoms with Gasteiger partial charge in [-0.25, -0.2) is 0 Å². The lowest BCUT2D eigenvalue weighted by Gasteiger charge is -2.29. The second-order valence-electron chi connectivity index (χ2n) is 3.59. The first-order valence-corrected chi connectivity index (χ1v) is 5.21. The number of nitrogens with zero attached hydrogens (tertiary/aromatic N) is 1. The molecule has 0 heterocycles. The van der Waals surface area contributed by atoms with E-state index in [-0.39, 0.29) is 18.4 Å². The van der Waals surface area contributed by atoms with Crippen molar-refractivity contribution < 1.29 is 14.7 Å². The van der Waals surface area contributed by atoms with Crippen LogP contribution in [-0.2, 0) is 9.59 Å². The molecule has 0 aromatic heterocycles. The van der Waals surface area contributed by atoms with Crippen LogP contribution >= 0.6 is 0 Å². The normalized spacial score (nSPS) is 14.4. The number of carbonyl (C=O) groups is 2. The number of hydrogen-bond acceptors (Lipinski definition) is 3. The Hall–Kier alpha value is -1.10. The molecule has 88 valence electrons.